The highest BCUT2D eigenvalue weighted by molar-refractivity contribution is 5.95. The quantitative estimate of drug-likeness (QED) is 0.196. The maximum absolute atomic E-state index is 4.96. The summed E-state index contributed by atoms with van der Waals surface area (Å²) < 4.78 is 0. The fourth-order valence-electron chi connectivity index (χ4n) is 4.29. The summed E-state index contributed by atoms with van der Waals surface area (Å²) in [6.07, 6.45) is 9.55. The number of allylic oxidation sites excluding steroid dienone is 5. The van der Waals surface area contributed by atoms with Gasteiger partial charge in [-0.2, -0.15) is 5.10 Å². The Labute approximate surface area is 215 Å². The third-order valence-electron chi connectivity index (χ3n) is 6.12. The first-order chi connectivity index (χ1) is 18.1. The van der Waals surface area contributed by atoms with Crippen LogP contribution in [0.5, 0.6) is 0 Å². The van der Waals surface area contributed by atoms with Crippen LogP contribution in [0.15, 0.2) is 97.5 Å². The molecule has 4 heterocycles. The zero-order chi connectivity index (χ0) is 25.8. The van der Waals surface area contributed by atoms with Crippen molar-refractivity contribution in [2.24, 2.45) is 0 Å². The summed E-state index contributed by atoms with van der Waals surface area (Å²) >= 11 is 0. The van der Waals surface area contributed by atoms with Crippen molar-refractivity contribution in [2.45, 2.75) is 26.7 Å². The summed E-state index contributed by atoms with van der Waals surface area (Å²) in [7, 11) is 0. The van der Waals surface area contributed by atoms with Gasteiger partial charge in [0.1, 0.15) is 5.52 Å². The molecule has 0 saturated heterocycles. The van der Waals surface area contributed by atoms with Gasteiger partial charge in [-0.3, -0.25) is 5.10 Å². The molecule has 0 unspecified atom stereocenters. The molecule has 0 atom stereocenters. The predicted molar refractivity (Wildman–Crippen MR) is 151 cm³/mol. The number of benzene rings is 1. The fraction of sp³-hybridized carbons (Fsp3) is 0.133. The number of imidazole rings is 1. The van der Waals surface area contributed by atoms with Crippen molar-refractivity contribution in [2.75, 3.05) is 0 Å². The van der Waals surface area contributed by atoms with Crippen LogP contribution in [0.3, 0.4) is 0 Å². The molecule has 0 saturated carbocycles. The minimum Gasteiger partial charge on any atom is -0.359 e. The largest absolute Gasteiger partial charge is 0.359 e. The van der Waals surface area contributed by atoms with Crippen molar-refractivity contribution in [1.82, 2.24) is 35.5 Å². The van der Waals surface area contributed by atoms with Gasteiger partial charge in [0.25, 0.3) is 0 Å². The van der Waals surface area contributed by atoms with Crippen LogP contribution in [0.25, 0.3) is 50.4 Å². The van der Waals surface area contributed by atoms with E-state index in [9.17, 15) is 0 Å². The fourth-order valence-corrected chi connectivity index (χ4v) is 4.29. The molecule has 0 radical (unpaired) electrons. The summed E-state index contributed by atoms with van der Waals surface area (Å²) in [5.74, 6) is 0.615. The molecule has 0 bridgehead atoms. The third kappa shape index (κ3) is 4.84. The van der Waals surface area contributed by atoms with Crippen LogP contribution in [0.4, 0.5) is 0 Å². The van der Waals surface area contributed by atoms with Gasteiger partial charge in [0, 0.05) is 23.2 Å². The molecule has 0 aliphatic heterocycles. The van der Waals surface area contributed by atoms with Crippen LogP contribution in [0, 0.1) is 0 Å². The summed E-state index contributed by atoms with van der Waals surface area (Å²) in [5.41, 5.74) is 9.43. The molecule has 5 aromatic rings. The molecule has 0 aliphatic rings. The smallest absolute Gasteiger partial charge is 0.178 e. The molecule has 0 fully saturated rings. The standard InChI is InChI=1S/C30H29N7/c1-5-11-19(4)32-22(7-3)18-20(6-2)24-14-15-25-27(33-24)28(37-36-25)30-34-26-23(16-17-31-29(26)35-30)21-12-9-8-10-13-21/h6-10,12-18,32H,3-5,11H2,1-2H3,(H,36,37)(H,31,34,35)/b20-6+,22-18+. The Morgan fingerprint density at radius 3 is 2.68 bits per heavy atom. The Balaban J connectivity index is 1.55. The first kappa shape index (κ1) is 23.9. The maximum Gasteiger partial charge on any atom is 0.178 e. The molecule has 184 valence electrons. The predicted octanol–water partition coefficient (Wildman–Crippen LogP) is 6.94. The molecule has 7 nitrogen and oxygen atoms in total. The summed E-state index contributed by atoms with van der Waals surface area (Å²) in [6.45, 7) is 12.2. The lowest BCUT2D eigenvalue weighted by atomic mass is 10.1. The molecule has 0 spiro atoms. The first-order valence-corrected chi connectivity index (χ1v) is 12.3. The van der Waals surface area contributed by atoms with Gasteiger partial charge in [0.15, 0.2) is 17.2 Å². The van der Waals surface area contributed by atoms with Crippen LogP contribution < -0.4 is 5.32 Å². The van der Waals surface area contributed by atoms with E-state index in [0.717, 1.165) is 63.2 Å². The molecule has 0 amide bonds. The van der Waals surface area contributed by atoms with E-state index in [2.05, 4.69) is 57.7 Å². The third-order valence-corrected chi connectivity index (χ3v) is 6.12. The van der Waals surface area contributed by atoms with E-state index >= 15 is 0 Å². The van der Waals surface area contributed by atoms with Crippen molar-refractivity contribution < 1.29 is 0 Å². The van der Waals surface area contributed by atoms with E-state index in [1.165, 1.54) is 0 Å². The van der Waals surface area contributed by atoms with Gasteiger partial charge in [-0.25, -0.2) is 15.0 Å². The van der Waals surface area contributed by atoms with Gasteiger partial charge in [-0.15, -0.1) is 0 Å². The lowest BCUT2D eigenvalue weighted by Gasteiger charge is -2.11. The molecule has 5 rings (SSSR count). The Morgan fingerprint density at radius 2 is 1.92 bits per heavy atom. The number of hydrogen-bond donors (Lipinski definition) is 3. The normalized spacial score (nSPS) is 12.3. The Hall–Kier alpha value is -4.78. The van der Waals surface area contributed by atoms with E-state index in [0.29, 0.717) is 17.2 Å². The highest BCUT2D eigenvalue weighted by atomic mass is 15.2. The minimum absolute atomic E-state index is 0.615. The highest BCUT2D eigenvalue weighted by Gasteiger charge is 2.17. The molecule has 0 aliphatic carbocycles. The van der Waals surface area contributed by atoms with Crippen LogP contribution in [-0.4, -0.2) is 30.1 Å². The number of nitrogens with zero attached hydrogens (tertiary/aromatic N) is 4. The number of rotatable bonds is 9. The Kier molecular flexibility index (Phi) is 6.76. The SMILES string of the molecule is C=C/C(=C\C(=C/C)c1ccc2[nH]nc(-c3nc4nccc(-c5ccccc5)c4[nH]3)c2n1)NC(=C)CCC. The molecule has 37 heavy (non-hydrogen) atoms. The van der Waals surface area contributed by atoms with E-state index < -0.39 is 0 Å². The van der Waals surface area contributed by atoms with Gasteiger partial charge in [-0.1, -0.05) is 62.9 Å². The molecule has 1 aromatic carbocycles. The number of nitrogens with one attached hydrogen (secondary N) is 3. The van der Waals surface area contributed by atoms with Crippen molar-refractivity contribution in [3.8, 4) is 22.6 Å². The lowest BCUT2D eigenvalue weighted by molar-refractivity contribution is 0.829. The molecule has 7 heteroatoms. The second-order valence-electron chi connectivity index (χ2n) is 8.70. The lowest BCUT2D eigenvalue weighted by Crippen LogP contribution is -2.10. The topological polar surface area (TPSA) is 95.2 Å². The maximum atomic E-state index is 4.96. The number of pyridine rings is 2. The van der Waals surface area contributed by atoms with Crippen LogP contribution in [0.2, 0.25) is 0 Å². The van der Waals surface area contributed by atoms with Gasteiger partial charge in [0.2, 0.25) is 0 Å². The molecule has 4 aromatic heterocycles. The van der Waals surface area contributed by atoms with Gasteiger partial charge >= 0.3 is 0 Å². The van der Waals surface area contributed by atoms with Gasteiger partial charge < -0.3 is 10.3 Å². The van der Waals surface area contributed by atoms with Crippen molar-refractivity contribution in [3.63, 3.8) is 0 Å². The second-order valence-corrected chi connectivity index (χ2v) is 8.70. The zero-order valence-electron chi connectivity index (χ0n) is 21.0. The van der Waals surface area contributed by atoms with Crippen molar-refractivity contribution in [1.29, 1.82) is 0 Å². The summed E-state index contributed by atoms with van der Waals surface area (Å²) in [6, 6.07) is 16.1. The minimum atomic E-state index is 0.615. The van der Waals surface area contributed by atoms with E-state index in [-0.39, 0.29) is 0 Å². The van der Waals surface area contributed by atoms with E-state index in [1.807, 2.05) is 55.5 Å². The van der Waals surface area contributed by atoms with Crippen LogP contribution >= 0.6 is 0 Å². The average Bonchev–Trinajstić information content (AvgIpc) is 3.55. The number of aromatic amines is 2. The van der Waals surface area contributed by atoms with Crippen LogP contribution in [-0.2, 0) is 0 Å². The molecular weight excluding hydrogens is 458 g/mol. The summed E-state index contributed by atoms with van der Waals surface area (Å²) in [5, 5.41) is 11.0. The highest BCUT2D eigenvalue weighted by Crippen LogP contribution is 2.30. The molecular formula is C30H29N7. The average molecular weight is 488 g/mol. The van der Waals surface area contributed by atoms with Crippen LogP contribution in [0.1, 0.15) is 32.4 Å². The van der Waals surface area contributed by atoms with E-state index in [1.54, 1.807) is 12.3 Å². The monoisotopic (exact) mass is 487 g/mol. The van der Waals surface area contributed by atoms with Gasteiger partial charge in [-0.05, 0) is 54.8 Å². The summed E-state index contributed by atoms with van der Waals surface area (Å²) in [4.78, 5) is 17.6. The van der Waals surface area contributed by atoms with Crippen molar-refractivity contribution in [3.05, 3.63) is 103 Å². The number of fused-ring (bicyclic) bond motifs is 2. The number of H-pyrrole nitrogens is 2. The molecule has 3 N–H and O–H groups in total. The second kappa shape index (κ2) is 10.5. The Bertz CT molecular complexity index is 1650. The Morgan fingerprint density at radius 1 is 1.08 bits per heavy atom. The number of hydrogen-bond acceptors (Lipinski definition) is 5. The van der Waals surface area contributed by atoms with E-state index in [4.69, 9.17) is 9.97 Å². The first-order valence-electron chi connectivity index (χ1n) is 12.3. The van der Waals surface area contributed by atoms with Crippen molar-refractivity contribution >= 4 is 27.8 Å². The number of aromatic nitrogens is 6. The zero-order valence-corrected chi connectivity index (χ0v) is 21.0. The van der Waals surface area contributed by atoms with Gasteiger partial charge in [0.05, 0.1) is 16.7 Å².